The van der Waals surface area contributed by atoms with Crippen molar-refractivity contribution in [2.24, 2.45) is 0 Å². The minimum atomic E-state index is 0.0872. The Bertz CT molecular complexity index is 837. The highest BCUT2D eigenvalue weighted by Crippen LogP contribution is 2.36. The van der Waals surface area contributed by atoms with Gasteiger partial charge in [-0.25, -0.2) is 0 Å². The molecule has 1 atom stereocenters. The van der Waals surface area contributed by atoms with Crippen LogP contribution in [0.4, 0.5) is 0 Å². The molecule has 0 radical (unpaired) electrons. The third-order valence-corrected chi connectivity index (χ3v) is 4.18. The van der Waals surface area contributed by atoms with E-state index in [1.54, 1.807) is 20.3 Å². The van der Waals surface area contributed by atoms with Crippen molar-refractivity contribution in [2.45, 2.75) is 13.0 Å². The van der Waals surface area contributed by atoms with E-state index >= 15 is 0 Å². The van der Waals surface area contributed by atoms with E-state index in [1.807, 2.05) is 30.5 Å². The lowest BCUT2D eigenvalue weighted by atomic mass is 10.1. The number of aldehydes is 1. The first-order valence-electron chi connectivity index (χ1n) is 7.46. The van der Waals surface area contributed by atoms with E-state index in [0.29, 0.717) is 17.1 Å². The third kappa shape index (κ3) is 2.57. The number of carbonyl (C=O) groups is 1. The monoisotopic (exact) mass is 309 g/mol. The lowest BCUT2D eigenvalue weighted by Crippen LogP contribution is -2.05. The minimum Gasteiger partial charge on any atom is -0.497 e. The zero-order valence-corrected chi connectivity index (χ0v) is 13.4. The molecular formula is C19H19NO3. The minimum absolute atomic E-state index is 0.0872. The Morgan fingerprint density at radius 1 is 1.09 bits per heavy atom. The summed E-state index contributed by atoms with van der Waals surface area (Å²) in [6.07, 6.45) is 2.74. The molecule has 0 N–H and O–H groups in total. The molecule has 118 valence electrons. The number of nitrogens with zero attached hydrogens (tertiary/aromatic N) is 1. The fourth-order valence-corrected chi connectivity index (χ4v) is 2.93. The zero-order valence-electron chi connectivity index (χ0n) is 13.4. The van der Waals surface area contributed by atoms with E-state index in [4.69, 9.17) is 9.47 Å². The molecule has 0 saturated heterocycles. The quantitative estimate of drug-likeness (QED) is 0.667. The number of hydrogen-bond acceptors (Lipinski definition) is 3. The predicted octanol–water partition coefficient (Wildman–Crippen LogP) is 4.08. The first-order chi connectivity index (χ1) is 11.2. The molecule has 3 aromatic rings. The van der Waals surface area contributed by atoms with Crippen LogP contribution in [-0.4, -0.2) is 25.1 Å². The Hall–Kier alpha value is -2.75. The second-order valence-corrected chi connectivity index (χ2v) is 5.42. The van der Waals surface area contributed by atoms with Crippen LogP contribution in [0.3, 0.4) is 0 Å². The number of rotatable bonds is 5. The van der Waals surface area contributed by atoms with Crippen LogP contribution in [0.2, 0.25) is 0 Å². The van der Waals surface area contributed by atoms with E-state index < -0.39 is 0 Å². The Morgan fingerprint density at radius 2 is 1.83 bits per heavy atom. The van der Waals surface area contributed by atoms with Crippen LogP contribution in [0, 0.1) is 0 Å². The summed E-state index contributed by atoms with van der Waals surface area (Å²) in [5.41, 5.74) is 2.70. The largest absolute Gasteiger partial charge is 0.497 e. The fraction of sp³-hybridized carbons (Fsp3) is 0.211. The molecule has 0 aliphatic carbocycles. The number of fused-ring (bicyclic) bond motifs is 1. The summed E-state index contributed by atoms with van der Waals surface area (Å²) >= 11 is 0. The Balaban J connectivity index is 2.27. The maximum atomic E-state index is 11.5. The van der Waals surface area contributed by atoms with Crippen LogP contribution >= 0.6 is 0 Å². The Morgan fingerprint density at radius 3 is 2.43 bits per heavy atom. The van der Waals surface area contributed by atoms with Crippen LogP contribution in [-0.2, 0) is 0 Å². The van der Waals surface area contributed by atoms with Crippen molar-refractivity contribution >= 4 is 17.2 Å². The van der Waals surface area contributed by atoms with E-state index in [2.05, 4.69) is 23.6 Å². The van der Waals surface area contributed by atoms with Crippen LogP contribution in [0.25, 0.3) is 10.9 Å². The van der Waals surface area contributed by atoms with Crippen LogP contribution < -0.4 is 9.47 Å². The summed E-state index contributed by atoms with van der Waals surface area (Å²) in [6, 6.07) is 14.0. The molecular weight excluding hydrogens is 290 g/mol. The van der Waals surface area contributed by atoms with Gasteiger partial charge in [0, 0.05) is 23.9 Å². The maximum absolute atomic E-state index is 11.5. The summed E-state index contributed by atoms with van der Waals surface area (Å²) < 4.78 is 12.9. The molecule has 3 rings (SSSR count). The number of aromatic nitrogens is 1. The molecule has 0 aliphatic heterocycles. The normalized spacial score (nSPS) is 12.1. The van der Waals surface area contributed by atoms with E-state index in [0.717, 1.165) is 17.2 Å². The van der Waals surface area contributed by atoms with Crippen molar-refractivity contribution < 1.29 is 14.3 Å². The number of methoxy groups -OCH3 is 2. The maximum Gasteiger partial charge on any atom is 0.152 e. The van der Waals surface area contributed by atoms with Gasteiger partial charge in [-0.05, 0) is 12.5 Å². The summed E-state index contributed by atoms with van der Waals surface area (Å²) in [5, 5.41) is 0.811. The topological polar surface area (TPSA) is 40.5 Å². The summed E-state index contributed by atoms with van der Waals surface area (Å²) in [7, 11) is 3.22. The van der Waals surface area contributed by atoms with Crippen molar-refractivity contribution in [3.63, 3.8) is 0 Å². The van der Waals surface area contributed by atoms with Crippen molar-refractivity contribution in [3.05, 3.63) is 59.8 Å². The van der Waals surface area contributed by atoms with Crippen molar-refractivity contribution in [1.82, 2.24) is 4.57 Å². The number of ether oxygens (including phenoxy) is 2. The van der Waals surface area contributed by atoms with Gasteiger partial charge in [0.2, 0.25) is 0 Å². The highest BCUT2D eigenvalue weighted by atomic mass is 16.5. The lowest BCUT2D eigenvalue weighted by molar-refractivity contribution is 0.112. The molecule has 0 aliphatic rings. The van der Waals surface area contributed by atoms with Crippen LogP contribution in [0.15, 0.2) is 48.7 Å². The van der Waals surface area contributed by atoms with E-state index in [9.17, 15) is 4.79 Å². The number of benzene rings is 2. The van der Waals surface area contributed by atoms with Gasteiger partial charge >= 0.3 is 0 Å². The highest BCUT2D eigenvalue weighted by molar-refractivity contribution is 6.02. The average molecular weight is 309 g/mol. The molecule has 4 nitrogen and oxygen atoms in total. The molecule has 0 saturated carbocycles. The number of carbonyl (C=O) groups excluding carboxylic acids is 1. The van der Waals surface area contributed by atoms with Crippen LogP contribution in [0.1, 0.15) is 28.9 Å². The average Bonchev–Trinajstić information content (AvgIpc) is 2.99. The molecule has 2 aromatic carbocycles. The Kier molecular flexibility index (Phi) is 4.06. The second-order valence-electron chi connectivity index (χ2n) is 5.42. The molecule has 1 unspecified atom stereocenters. The number of hydrogen-bond donors (Lipinski definition) is 0. The molecule has 0 amide bonds. The van der Waals surface area contributed by atoms with Gasteiger partial charge in [-0.3, -0.25) is 4.79 Å². The Labute approximate surface area is 135 Å². The van der Waals surface area contributed by atoms with E-state index in [-0.39, 0.29) is 6.04 Å². The van der Waals surface area contributed by atoms with Crippen molar-refractivity contribution in [2.75, 3.05) is 14.2 Å². The summed E-state index contributed by atoms with van der Waals surface area (Å²) in [6.45, 7) is 2.11. The van der Waals surface area contributed by atoms with Crippen molar-refractivity contribution in [1.29, 1.82) is 0 Å². The summed E-state index contributed by atoms with van der Waals surface area (Å²) in [5.74, 6) is 1.34. The predicted molar refractivity (Wildman–Crippen MR) is 90.7 cm³/mol. The SMILES string of the molecule is COc1cc(OC)c2c(C=O)cn(C(C)c3ccccc3)c2c1. The van der Waals surface area contributed by atoms with Gasteiger partial charge in [0.25, 0.3) is 0 Å². The molecule has 0 spiro atoms. The molecule has 0 bridgehead atoms. The second kappa shape index (κ2) is 6.16. The van der Waals surface area contributed by atoms with E-state index in [1.165, 1.54) is 5.56 Å². The first kappa shape index (κ1) is 15.2. The van der Waals surface area contributed by atoms with Gasteiger partial charge in [-0.2, -0.15) is 0 Å². The molecule has 1 heterocycles. The van der Waals surface area contributed by atoms with Gasteiger partial charge in [-0.1, -0.05) is 30.3 Å². The lowest BCUT2D eigenvalue weighted by Gasteiger charge is -2.16. The van der Waals surface area contributed by atoms with Crippen LogP contribution in [0.5, 0.6) is 11.5 Å². The molecule has 23 heavy (non-hydrogen) atoms. The van der Waals surface area contributed by atoms with Crippen molar-refractivity contribution in [3.8, 4) is 11.5 Å². The smallest absolute Gasteiger partial charge is 0.152 e. The fourth-order valence-electron chi connectivity index (χ4n) is 2.93. The van der Waals surface area contributed by atoms with Gasteiger partial charge < -0.3 is 14.0 Å². The molecule has 4 heteroatoms. The third-order valence-electron chi connectivity index (χ3n) is 4.18. The van der Waals surface area contributed by atoms with Gasteiger partial charge in [0.1, 0.15) is 11.5 Å². The van der Waals surface area contributed by atoms with Gasteiger partial charge in [-0.15, -0.1) is 0 Å². The standard InChI is InChI=1S/C19H19NO3/c1-13(14-7-5-4-6-8-14)20-11-15(12-21)19-17(20)9-16(22-2)10-18(19)23-3/h4-13H,1-3H3. The van der Waals surface area contributed by atoms with Gasteiger partial charge in [0.05, 0.1) is 31.2 Å². The zero-order chi connectivity index (χ0) is 16.4. The summed E-state index contributed by atoms with van der Waals surface area (Å²) in [4.78, 5) is 11.5. The first-order valence-corrected chi connectivity index (χ1v) is 7.46. The van der Waals surface area contributed by atoms with Gasteiger partial charge in [0.15, 0.2) is 6.29 Å². The highest BCUT2D eigenvalue weighted by Gasteiger charge is 2.18. The molecule has 0 fully saturated rings. The molecule has 1 aromatic heterocycles.